The molecule has 0 spiro atoms. The number of hydrogen-bond acceptors (Lipinski definition) is 2. The van der Waals surface area contributed by atoms with Gasteiger partial charge in [0.05, 0.1) is 16.1 Å². The lowest BCUT2D eigenvalue weighted by molar-refractivity contribution is 0.120. The van der Waals surface area contributed by atoms with Crippen molar-refractivity contribution in [1.82, 2.24) is 4.90 Å². The molecule has 0 aromatic heterocycles. The molecule has 1 aliphatic rings. The maximum absolute atomic E-state index is 10.2. The molecule has 3 atom stereocenters. The molecular weight excluding hydrogens is 329 g/mol. The summed E-state index contributed by atoms with van der Waals surface area (Å²) < 4.78 is 0. The molecule has 1 fully saturated rings. The van der Waals surface area contributed by atoms with Crippen LogP contribution < -0.4 is 0 Å². The Morgan fingerprint density at radius 3 is 2.48 bits per heavy atom. The first kappa shape index (κ1) is 16.8. The van der Waals surface area contributed by atoms with Gasteiger partial charge in [-0.3, -0.25) is 4.90 Å². The highest BCUT2D eigenvalue weighted by Crippen LogP contribution is 2.37. The van der Waals surface area contributed by atoms with Crippen molar-refractivity contribution in [2.75, 3.05) is 13.1 Å². The van der Waals surface area contributed by atoms with Crippen LogP contribution in [0.1, 0.15) is 24.0 Å². The fraction of sp³-hybridized carbons (Fsp3) is 0.368. The van der Waals surface area contributed by atoms with Gasteiger partial charge in [-0.05, 0) is 30.2 Å². The molecule has 0 amide bonds. The van der Waals surface area contributed by atoms with E-state index in [1.807, 2.05) is 31.2 Å². The molecule has 3 rings (SSSR count). The Morgan fingerprint density at radius 1 is 1.09 bits per heavy atom. The molecule has 23 heavy (non-hydrogen) atoms. The second-order valence-corrected chi connectivity index (χ2v) is 7.18. The summed E-state index contributed by atoms with van der Waals surface area (Å²) in [5.74, 6) is 0.476. The third-order valence-corrected chi connectivity index (χ3v) is 5.42. The molecule has 0 radical (unpaired) electrons. The highest BCUT2D eigenvalue weighted by atomic mass is 35.5. The predicted octanol–water partition coefficient (Wildman–Crippen LogP) is 4.59. The fourth-order valence-electron chi connectivity index (χ4n) is 3.47. The highest BCUT2D eigenvalue weighted by Gasteiger charge is 2.36. The van der Waals surface area contributed by atoms with Crippen LogP contribution in [-0.2, 0) is 6.54 Å². The molecule has 0 aliphatic carbocycles. The van der Waals surface area contributed by atoms with Gasteiger partial charge in [-0.2, -0.15) is 0 Å². The summed E-state index contributed by atoms with van der Waals surface area (Å²) in [6.45, 7) is 4.59. The maximum Gasteiger partial charge on any atom is 0.0595 e. The van der Waals surface area contributed by atoms with Crippen molar-refractivity contribution in [3.05, 3.63) is 69.7 Å². The molecule has 1 N–H and O–H groups in total. The zero-order valence-corrected chi connectivity index (χ0v) is 14.6. The van der Waals surface area contributed by atoms with Gasteiger partial charge in [0.15, 0.2) is 0 Å². The van der Waals surface area contributed by atoms with Crippen LogP contribution >= 0.6 is 23.2 Å². The summed E-state index contributed by atoms with van der Waals surface area (Å²) in [4.78, 5) is 2.40. The number of nitrogens with zero attached hydrogens (tertiary/aromatic N) is 1. The van der Waals surface area contributed by atoms with Crippen molar-refractivity contribution in [1.29, 1.82) is 0 Å². The van der Waals surface area contributed by atoms with Crippen LogP contribution in [0.5, 0.6) is 0 Å². The summed E-state index contributed by atoms with van der Waals surface area (Å²) in [6.07, 6.45) is -0.352. The lowest BCUT2D eigenvalue weighted by atomic mass is 9.86. The van der Waals surface area contributed by atoms with Crippen LogP contribution in [0.3, 0.4) is 0 Å². The van der Waals surface area contributed by atoms with Gasteiger partial charge >= 0.3 is 0 Å². The van der Waals surface area contributed by atoms with Crippen molar-refractivity contribution >= 4 is 23.2 Å². The Kier molecular flexibility index (Phi) is 5.27. The Balaban J connectivity index is 1.79. The van der Waals surface area contributed by atoms with Crippen molar-refractivity contribution in [2.24, 2.45) is 5.92 Å². The SMILES string of the molecule is C[C@@H](O)[C@@H]1CN(Cc2ccccc2)C[C@@H]1c1ccc(Cl)c(Cl)c1. The third-order valence-electron chi connectivity index (χ3n) is 4.68. The molecule has 1 aliphatic heterocycles. The van der Waals surface area contributed by atoms with Crippen molar-refractivity contribution < 1.29 is 5.11 Å². The van der Waals surface area contributed by atoms with Crippen LogP contribution in [0.25, 0.3) is 0 Å². The molecule has 1 saturated heterocycles. The van der Waals surface area contributed by atoms with Gasteiger partial charge in [0.25, 0.3) is 0 Å². The van der Waals surface area contributed by atoms with Gasteiger partial charge in [-0.15, -0.1) is 0 Å². The van der Waals surface area contributed by atoms with Crippen molar-refractivity contribution in [3.63, 3.8) is 0 Å². The van der Waals surface area contributed by atoms with E-state index in [0.717, 1.165) is 25.2 Å². The van der Waals surface area contributed by atoms with Gasteiger partial charge in [0, 0.05) is 31.5 Å². The van der Waals surface area contributed by atoms with Crippen molar-refractivity contribution in [2.45, 2.75) is 25.5 Å². The molecule has 2 aromatic rings. The second kappa shape index (κ2) is 7.23. The second-order valence-electron chi connectivity index (χ2n) is 6.36. The van der Waals surface area contributed by atoms with Gasteiger partial charge in [-0.1, -0.05) is 59.6 Å². The predicted molar refractivity (Wildman–Crippen MR) is 96.1 cm³/mol. The van der Waals surface area contributed by atoms with E-state index in [2.05, 4.69) is 29.2 Å². The number of rotatable bonds is 4. The highest BCUT2D eigenvalue weighted by molar-refractivity contribution is 6.42. The summed E-state index contributed by atoms with van der Waals surface area (Å²) in [7, 11) is 0. The third kappa shape index (κ3) is 3.89. The first-order valence-electron chi connectivity index (χ1n) is 7.94. The van der Waals surface area contributed by atoms with E-state index in [9.17, 15) is 5.11 Å². The molecule has 4 heteroatoms. The molecule has 0 bridgehead atoms. The number of benzene rings is 2. The van der Waals surface area contributed by atoms with Crippen molar-refractivity contribution in [3.8, 4) is 0 Å². The standard InChI is InChI=1S/C19H21Cl2NO/c1-13(23)16-11-22(10-14-5-3-2-4-6-14)12-17(16)15-7-8-18(20)19(21)9-15/h2-9,13,16-17,23H,10-12H2,1H3/t13-,16+,17-/m1/s1. The number of aliphatic hydroxyl groups excluding tert-OH is 1. The number of halogens is 2. The summed E-state index contributed by atoms with van der Waals surface area (Å²) in [6, 6.07) is 16.3. The van der Waals surface area contributed by atoms with E-state index >= 15 is 0 Å². The smallest absolute Gasteiger partial charge is 0.0595 e. The topological polar surface area (TPSA) is 23.5 Å². The van der Waals surface area contributed by atoms with Gasteiger partial charge < -0.3 is 5.11 Å². The fourth-order valence-corrected chi connectivity index (χ4v) is 3.78. The zero-order valence-electron chi connectivity index (χ0n) is 13.1. The summed E-state index contributed by atoms with van der Waals surface area (Å²) in [5, 5.41) is 11.4. The Bertz CT molecular complexity index is 660. The first-order chi connectivity index (χ1) is 11.0. The molecule has 1 heterocycles. The minimum absolute atomic E-state index is 0.205. The van der Waals surface area contributed by atoms with E-state index in [1.54, 1.807) is 0 Å². The van der Waals surface area contributed by atoms with Gasteiger partial charge in [0.2, 0.25) is 0 Å². The van der Waals surface area contributed by atoms with Gasteiger partial charge in [-0.25, -0.2) is 0 Å². The molecule has 2 aromatic carbocycles. The summed E-state index contributed by atoms with van der Waals surface area (Å²) >= 11 is 12.2. The number of hydrogen-bond donors (Lipinski definition) is 1. The Labute approximate surface area is 147 Å². The van der Waals surface area contributed by atoms with E-state index in [4.69, 9.17) is 23.2 Å². The van der Waals surface area contributed by atoms with Crippen LogP contribution in [-0.4, -0.2) is 29.2 Å². The first-order valence-corrected chi connectivity index (χ1v) is 8.69. The van der Waals surface area contributed by atoms with E-state index in [1.165, 1.54) is 5.56 Å². The van der Waals surface area contributed by atoms with E-state index in [0.29, 0.717) is 10.0 Å². The minimum atomic E-state index is -0.352. The molecular formula is C19H21Cl2NO. The Morgan fingerprint density at radius 2 is 1.83 bits per heavy atom. The lowest BCUT2D eigenvalue weighted by Crippen LogP contribution is -2.25. The normalized spacial score (nSPS) is 23.1. The number of aliphatic hydroxyl groups is 1. The van der Waals surface area contributed by atoms with Crippen LogP contribution in [0.15, 0.2) is 48.5 Å². The quantitative estimate of drug-likeness (QED) is 0.872. The maximum atomic E-state index is 10.2. The number of likely N-dealkylation sites (tertiary alicyclic amines) is 1. The van der Waals surface area contributed by atoms with Crippen LogP contribution in [0.4, 0.5) is 0 Å². The summed E-state index contributed by atoms with van der Waals surface area (Å²) in [5.41, 5.74) is 2.45. The monoisotopic (exact) mass is 349 g/mol. The molecule has 2 nitrogen and oxygen atoms in total. The van der Waals surface area contributed by atoms with Crippen LogP contribution in [0, 0.1) is 5.92 Å². The minimum Gasteiger partial charge on any atom is -0.393 e. The molecule has 0 saturated carbocycles. The van der Waals surface area contributed by atoms with Gasteiger partial charge in [0.1, 0.15) is 0 Å². The molecule has 122 valence electrons. The Hall–Kier alpha value is -1.06. The average molecular weight is 350 g/mol. The lowest BCUT2D eigenvalue weighted by Gasteiger charge is -2.21. The van der Waals surface area contributed by atoms with E-state index < -0.39 is 0 Å². The van der Waals surface area contributed by atoms with E-state index in [-0.39, 0.29) is 17.9 Å². The largest absolute Gasteiger partial charge is 0.393 e. The average Bonchev–Trinajstić information content (AvgIpc) is 2.95. The van der Waals surface area contributed by atoms with Crippen LogP contribution in [0.2, 0.25) is 10.0 Å². The zero-order chi connectivity index (χ0) is 16.4. The molecule has 0 unspecified atom stereocenters.